The number of hydrogen-bond donors (Lipinski definition) is 2. The molecule has 0 aromatic carbocycles. The lowest BCUT2D eigenvalue weighted by atomic mass is 10.1. The molecule has 2 rings (SSSR count). The molecule has 1 saturated heterocycles. The fraction of sp³-hybridized carbons (Fsp3) is 0.545. The maximum atomic E-state index is 6.24. The summed E-state index contributed by atoms with van der Waals surface area (Å²) < 4.78 is 0. The molecule has 1 fully saturated rings. The van der Waals surface area contributed by atoms with E-state index in [4.69, 9.17) is 11.5 Å². The van der Waals surface area contributed by atoms with Crippen LogP contribution < -0.4 is 11.5 Å². The minimum Gasteiger partial charge on any atom is -0.384 e. The monoisotopic (exact) mass is 255 g/mol. The Kier molecular flexibility index (Phi) is 4.37. The highest BCUT2D eigenvalue weighted by Crippen LogP contribution is 2.26. The van der Waals surface area contributed by atoms with Crippen LogP contribution in [0.1, 0.15) is 5.56 Å². The second kappa shape index (κ2) is 5.80. The SMILES string of the molecule is Nc1cc(CC(N)C2CSCCS2)ccn1. The summed E-state index contributed by atoms with van der Waals surface area (Å²) in [4.78, 5) is 3.99. The molecule has 4 N–H and O–H groups in total. The van der Waals surface area contributed by atoms with Gasteiger partial charge < -0.3 is 11.5 Å². The van der Waals surface area contributed by atoms with Gasteiger partial charge in [-0.15, -0.1) is 0 Å². The standard InChI is InChI=1S/C11H17N3S2/c12-9(10-7-15-3-4-16-10)5-8-1-2-14-11(13)6-8/h1-2,6,9-10H,3-5,7,12H2,(H2,13,14). The molecular formula is C11H17N3S2. The molecule has 0 amide bonds. The Morgan fingerprint density at radius 2 is 2.38 bits per heavy atom. The fourth-order valence-corrected chi connectivity index (χ4v) is 4.60. The van der Waals surface area contributed by atoms with E-state index in [0.717, 1.165) is 6.42 Å². The molecule has 2 unspecified atom stereocenters. The van der Waals surface area contributed by atoms with Crippen LogP contribution >= 0.6 is 23.5 Å². The van der Waals surface area contributed by atoms with E-state index >= 15 is 0 Å². The average molecular weight is 255 g/mol. The summed E-state index contributed by atoms with van der Waals surface area (Å²) in [7, 11) is 0. The van der Waals surface area contributed by atoms with Gasteiger partial charge in [-0.05, 0) is 24.1 Å². The van der Waals surface area contributed by atoms with Gasteiger partial charge in [-0.25, -0.2) is 4.98 Å². The van der Waals surface area contributed by atoms with Crippen LogP contribution in [0, 0.1) is 0 Å². The molecule has 0 aliphatic carbocycles. The number of nitrogens with two attached hydrogens (primary N) is 2. The molecule has 5 heteroatoms. The highest BCUT2D eigenvalue weighted by molar-refractivity contribution is 8.06. The van der Waals surface area contributed by atoms with Gasteiger partial charge in [0.1, 0.15) is 5.82 Å². The number of anilines is 1. The summed E-state index contributed by atoms with van der Waals surface area (Å²) in [6, 6.07) is 4.14. The lowest BCUT2D eigenvalue weighted by Crippen LogP contribution is -2.38. The molecule has 16 heavy (non-hydrogen) atoms. The third-order valence-electron chi connectivity index (χ3n) is 2.64. The lowest BCUT2D eigenvalue weighted by molar-refractivity contribution is 0.663. The van der Waals surface area contributed by atoms with Crippen molar-refractivity contribution in [2.45, 2.75) is 17.7 Å². The van der Waals surface area contributed by atoms with Gasteiger partial charge in [-0.2, -0.15) is 23.5 Å². The number of nitrogen functional groups attached to an aromatic ring is 1. The Morgan fingerprint density at radius 1 is 1.50 bits per heavy atom. The van der Waals surface area contributed by atoms with E-state index in [1.165, 1.54) is 22.8 Å². The number of pyridine rings is 1. The van der Waals surface area contributed by atoms with Crippen LogP contribution in [0.2, 0.25) is 0 Å². The second-order valence-corrected chi connectivity index (χ2v) is 6.44. The Balaban J connectivity index is 1.93. The normalized spacial score (nSPS) is 22.9. The van der Waals surface area contributed by atoms with Gasteiger partial charge in [0.25, 0.3) is 0 Å². The van der Waals surface area contributed by atoms with Crippen molar-refractivity contribution in [3.05, 3.63) is 23.9 Å². The van der Waals surface area contributed by atoms with E-state index in [1.807, 2.05) is 35.7 Å². The van der Waals surface area contributed by atoms with Gasteiger partial charge in [0.2, 0.25) is 0 Å². The molecule has 1 aliphatic heterocycles. The quantitative estimate of drug-likeness (QED) is 0.854. The number of thioether (sulfide) groups is 2. The first-order chi connectivity index (χ1) is 7.75. The average Bonchev–Trinajstić information content (AvgIpc) is 2.30. The molecule has 3 nitrogen and oxygen atoms in total. The van der Waals surface area contributed by atoms with Crippen molar-refractivity contribution in [3.63, 3.8) is 0 Å². The molecule has 88 valence electrons. The molecule has 0 radical (unpaired) electrons. The van der Waals surface area contributed by atoms with Gasteiger partial charge in [0.05, 0.1) is 0 Å². The zero-order valence-corrected chi connectivity index (χ0v) is 10.8. The topological polar surface area (TPSA) is 64.9 Å². The van der Waals surface area contributed by atoms with Crippen molar-refractivity contribution >= 4 is 29.3 Å². The van der Waals surface area contributed by atoms with E-state index < -0.39 is 0 Å². The van der Waals surface area contributed by atoms with E-state index in [-0.39, 0.29) is 6.04 Å². The number of rotatable bonds is 3. The van der Waals surface area contributed by atoms with Crippen LogP contribution in [0.15, 0.2) is 18.3 Å². The summed E-state index contributed by atoms with van der Waals surface area (Å²) >= 11 is 4.01. The van der Waals surface area contributed by atoms with Crippen molar-refractivity contribution in [2.75, 3.05) is 23.0 Å². The van der Waals surface area contributed by atoms with Crippen molar-refractivity contribution in [1.29, 1.82) is 0 Å². The molecule has 2 heterocycles. The Hall–Kier alpha value is -0.390. The van der Waals surface area contributed by atoms with E-state index in [9.17, 15) is 0 Å². The molecule has 0 saturated carbocycles. The summed E-state index contributed by atoms with van der Waals surface area (Å²) in [6.45, 7) is 0. The predicted octanol–water partition coefficient (Wildman–Crippen LogP) is 1.38. The minimum absolute atomic E-state index is 0.222. The summed E-state index contributed by atoms with van der Waals surface area (Å²) in [5.74, 6) is 4.24. The van der Waals surface area contributed by atoms with Crippen LogP contribution in [0.4, 0.5) is 5.82 Å². The van der Waals surface area contributed by atoms with Crippen LogP contribution in [0.3, 0.4) is 0 Å². The predicted molar refractivity (Wildman–Crippen MR) is 73.9 cm³/mol. The van der Waals surface area contributed by atoms with Crippen molar-refractivity contribution in [2.24, 2.45) is 5.73 Å². The van der Waals surface area contributed by atoms with Crippen molar-refractivity contribution in [1.82, 2.24) is 4.98 Å². The Labute approximate surface area is 105 Å². The molecule has 2 atom stereocenters. The first-order valence-electron chi connectivity index (χ1n) is 5.41. The van der Waals surface area contributed by atoms with E-state index in [1.54, 1.807) is 6.20 Å². The molecule has 1 aromatic heterocycles. The Morgan fingerprint density at radius 3 is 3.06 bits per heavy atom. The number of aromatic nitrogens is 1. The van der Waals surface area contributed by atoms with Crippen LogP contribution in [-0.4, -0.2) is 33.5 Å². The van der Waals surface area contributed by atoms with Gasteiger partial charge in [0, 0.05) is 34.7 Å². The van der Waals surface area contributed by atoms with Crippen LogP contribution in [0.5, 0.6) is 0 Å². The van der Waals surface area contributed by atoms with E-state index in [0.29, 0.717) is 11.1 Å². The molecule has 1 aliphatic rings. The summed E-state index contributed by atoms with van der Waals surface area (Å²) in [6.07, 6.45) is 2.64. The minimum atomic E-state index is 0.222. The largest absolute Gasteiger partial charge is 0.384 e. The van der Waals surface area contributed by atoms with Gasteiger partial charge >= 0.3 is 0 Å². The fourth-order valence-electron chi connectivity index (χ4n) is 1.78. The highest BCUT2D eigenvalue weighted by atomic mass is 32.2. The second-order valence-electron chi connectivity index (χ2n) is 3.94. The van der Waals surface area contributed by atoms with Crippen molar-refractivity contribution in [3.8, 4) is 0 Å². The third-order valence-corrected chi connectivity index (χ3v) is 5.58. The summed E-state index contributed by atoms with van der Waals surface area (Å²) in [5, 5.41) is 0.577. The molecule has 0 bridgehead atoms. The Bertz CT molecular complexity index is 340. The zero-order valence-electron chi connectivity index (χ0n) is 9.13. The smallest absolute Gasteiger partial charge is 0.123 e. The molecule has 0 spiro atoms. The van der Waals surface area contributed by atoms with Crippen LogP contribution in [0.25, 0.3) is 0 Å². The summed E-state index contributed by atoms with van der Waals surface area (Å²) in [5.41, 5.74) is 13.1. The first kappa shape index (κ1) is 12.1. The number of nitrogens with zero attached hydrogens (tertiary/aromatic N) is 1. The van der Waals surface area contributed by atoms with Gasteiger partial charge in [0.15, 0.2) is 0 Å². The zero-order chi connectivity index (χ0) is 11.4. The van der Waals surface area contributed by atoms with Gasteiger partial charge in [-0.3, -0.25) is 0 Å². The number of hydrogen-bond acceptors (Lipinski definition) is 5. The van der Waals surface area contributed by atoms with Gasteiger partial charge in [-0.1, -0.05) is 0 Å². The lowest BCUT2D eigenvalue weighted by Gasteiger charge is -2.26. The molecule has 1 aromatic rings. The maximum absolute atomic E-state index is 6.24. The molecular weight excluding hydrogens is 238 g/mol. The first-order valence-corrected chi connectivity index (χ1v) is 7.61. The van der Waals surface area contributed by atoms with Crippen molar-refractivity contribution < 1.29 is 0 Å². The van der Waals surface area contributed by atoms with Crippen LogP contribution in [-0.2, 0) is 6.42 Å². The third kappa shape index (κ3) is 3.30. The maximum Gasteiger partial charge on any atom is 0.123 e. The highest BCUT2D eigenvalue weighted by Gasteiger charge is 2.21. The van der Waals surface area contributed by atoms with E-state index in [2.05, 4.69) is 4.98 Å².